The normalized spacial score (nSPS) is 19.9. The molecule has 2 aromatic rings. The summed E-state index contributed by atoms with van der Waals surface area (Å²) in [6.45, 7) is 6.10. The molecule has 0 saturated carbocycles. The number of amides is 2. The first-order valence-electron chi connectivity index (χ1n) is 12.4. The number of likely N-dealkylation sites (tertiary alicyclic amines) is 1. The Bertz CT molecular complexity index is 1030. The van der Waals surface area contributed by atoms with Crippen molar-refractivity contribution in [1.82, 2.24) is 14.7 Å². The van der Waals surface area contributed by atoms with Crippen LogP contribution in [0.5, 0.6) is 0 Å². The van der Waals surface area contributed by atoms with E-state index in [-0.39, 0.29) is 17.9 Å². The van der Waals surface area contributed by atoms with Gasteiger partial charge in [-0.05, 0) is 68.1 Å². The van der Waals surface area contributed by atoms with Crippen LogP contribution >= 0.6 is 0 Å². The summed E-state index contributed by atoms with van der Waals surface area (Å²) < 4.78 is 26.7. The number of hydrogen-bond acceptors (Lipinski definition) is 3. The van der Waals surface area contributed by atoms with Gasteiger partial charge in [0.2, 0.25) is 11.8 Å². The predicted molar refractivity (Wildman–Crippen MR) is 133 cm³/mol. The lowest BCUT2D eigenvalue weighted by atomic mass is 9.89. The van der Waals surface area contributed by atoms with Crippen molar-refractivity contribution in [3.05, 3.63) is 77.4 Å². The van der Waals surface area contributed by atoms with E-state index >= 15 is 0 Å². The van der Waals surface area contributed by atoms with Gasteiger partial charge in [-0.1, -0.05) is 30.3 Å². The van der Waals surface area contributed by atoms with Crippen molar-refractivity contribution in [3.63, 3.8) is 0 Å². The lowest BCUT2D eigenvalue weighted by molar-refractivity contribution is -0.140. The van der Waals surface area contributed by atoms with Gasteiger partial charge in [0.1, 0.15) is 11.6 Å². The van der Waals surface area contributed by atoms with Crippen LogP contribution in [0.3, 0.4) is 0 Å². The molecule has 0 radical (unpaired) electrons. The third kappa shape index (κ3) is 6.75. The Morgan fingerprint density at radius 2 is 1.66 bits per heavy atom. The fraction of sp³-hybridized carbons (Fsp3) is 0.429. The zero-order valence-corrected chi connectivity index (χ0v) is 20.2. The highest BCUT2D eigenvalue weighted by molar-refractivity contribution is 5.92. The molecule has 0 N–H and O–H groups in total. The number of piperazine rings is 1. The topological polar surface area (TPSA) is 43.9 Å². The molecule has 186 valence electrons. The molecule has 0 spiro atoms. The van der Waals surface area contributed by atoms with Crippen molar-refractivity contribution in [2.45, 2.75) is 38.1 Å². The summed E-state index contributed by atoms with van der Waals surface area (Å²) in [5.41, 5.74) is 1.70. The minimum Gasteiger partial charge on any atom is -0.336 e. The van der Waals surface area contributed by atoms with Crippen LogP contribution in [-0.2, 0) is 9.59 Å². The third-order valence-corrected chi connectivity index (χ3v) is 7.06. The number of benzene rings is 2. The lowest BCUT2D eigenvalue weighted by Gasteiger charge is -2.40. The van der Waals surface area contributed by atoms with Gasteiger partial charge in [0.25, 0.3) is 0 Å². The van der Waals surface area contributed by atoms with E-state index in [1.54, 1.807) is 4.90 Å². The molecule has 2 aromatic carbocycles. The average Bonchev–Trinajstić information content (AvgIpc) is 2.86. The summed E-state index contributed by atoms with van der Waals surface area (Å²) in [5.74, 6) is -0.866. The Kier molecular flexibility index (Phi) is 8.29. The Morgan fingerprint density at radius 3 is 2.31 bits per heavy atom. The third-order valence-electron chi connectivity index (χ3n) is 7.06. The van der Waals surface area contributed by atoms with Gasteiger partial charge in [0.05, 0.1) is 0 Å². The zero-order valence-electron chi connectivity index (χ0n) is 20.2. The number of rotatable bonds is 6. The molecule has 4 rings (SSSR count). The van der Waals surface area contributed by atoms with Crippen molar-refractivity contribution in [2.24, 2.45) is 0 Å². The van der Waals surface area contributed by atoms with Gasteiger partial charge in [-0.2, -0.15) is 0 Å². The van der Waals surface area contributed by atoms with Crippen LogP contribution in [0.15, 0.2) is 54.6 Å². The largest absolute Gasteiger partial charge is 0.336 e. The van der Waals surface area contributed by atoms with E-state index < -0.39 is 11.6 Å². The molecule has 7 heteroatoms. The predicted octanol–water partition coefficient (Wildman–Crippen LogP) is 4.31. The minimum absolute atomic E-state index is 0.0796. The minimum atomic E-state index is -0.682. The summed E-state index contributed by atoms with van der Waals surface area (Å²) in [5, 5.41) is 0. The second-order valence-corrected chi connectivity index (χ2v) is 9.53. The van der Waals surface area contributed by atoms with Gasteiger partial charge in [-0.15, -0.1) is 0 Å². The highest BCUT2D eigenvalue weighted by Crippen LogP contribution is 2.27. The number of nitrogens with zero attached hydrogens (tertiary/aromatic N) is 3. The average molecular weight is 482 g/mol. The SMILES string of the molecule is C[C@H]1CN(C(=O)/C=C/c2cc(F)cc(F)c2)CCN1C(=O)CCN1CCC(c2ccccc2)CC1. The summed E-state index contributed by atoms with van der Waals surface area (Å²) in [4.78, 5) is 31.4. The Morgan fingerprint density at radius 1 is 0.971 bits per heavy atom. The van der Waals surface area contributed by atoms with Crippen LogP contribution in [-0.4, -0.2) is 71.8 Å². The van der Waals surface area contributed by atoms with Crippen LogP contribution in [0.1, 0.15) is 43.2 Å². The Balaban J connectivity index is 1.21. The monoisotopic (exact) mass is 481 g/mol. The van der Waals surface area contributed by atoms with E-state index in [1.807, 2.05) is 17.9 Å². The number of piperidine rings is 1. The van der Waals surface area contributed by atoms with Crippen LogP contribution < -0.4 is 0 Å². The molecule has 0 aromatic heterocycles. The van der Waals surface area contributed by atoms with E-state index in [0.29, 0.717) is 37.5 Å². The maximum atomic E-state index is 13.3. The molecule has 0 aliphatic carbocycles. The molecule has 2 amide bonds. The number of halogens is 2. The summed E-state index contributed by atoms with van der Waals surface area (Å²) in [6.07, 6.45) is 5.46. The van der Waals surface area contributed by atoms with Gasteiger partial charge in [0.15, 0.2) is 0 Å². The smallest absolute Gasteiger partial charge is 0.246 e. The highest BCUT2D eigenvalue weighted by atomic mass is 19.1. The van der Waals surface area contributed by atoms with E-state index in [9.17, 15) is 18.4 Å². The number of carbonyl (C=O) groups is 2. The van der Waals surface area contributed by atoms with Crippen molar-refractivity contribution < 1.29 is 18.4 Å². The fourth-order valence-electron chi connectivity index (χ4n) is 5.09. The Labute approximate surface area is 206 Å². The lowest BCUT2D eigenvalue weighted by Crippen LogP contribution is -2.55. The molecule has 2 saturated heterocycles. The van der Waals surface area contributed by atoms with E-state index in [0.717, 1.165) is 38.5 Å². The van der Waals surface area contributed by atoms with Gasteiger partial charge < -0.3 is 14.7 Å². The van der Waals surface area contributed by atoms with Crippen molar-refractivity contribution in [3.8, 4) is 0 Å². The molecule has 35 heavy (non-hydrogen) atoms. The van der Waals surface area contributed by atoms with Gasteiger partial charge >= 0.3 is 0 Å². The van der Waals surface area contributed by atoms with Crippen LogP contribution in [0.4, 0.5) is 8.78 Å². The molecule has 1 atom stereocenters. The zero-order chi connectivity index (χ0) is 24.8. The molecular formula is C28H33F2N3O2. The number of carbonyl (C=O) groups excluding carboxylic acids is 2. The summed E-state index contributed by atoms with van der Waals surface area (Å²) in [6, 6.07) is 13.7. The van der Waals surface area contributed by atoms with Gasteiger partial charge in [-0.25, -0.2) is 8.78 Å². The quantitative estimate of drug-likeness (QED) is 0.578. The molecule has 2 aliphatic rings. The van der Waals surface area contributed by atoms with E-state index in [2.05, 4.69) is 29.2 Å². The van der Waals surface area contributed by atoms with Crippen LogP contribution in [0.2, 0.25) is 0 Å². The van der Waals surface area contributed by atoms with Crippen molar-refractivity contribution >= 4 is 17.9 Å². The van der Waals surface area contributed by atoms with Crippen molar-refractivity contribution in [1.29, 1.82) is 0 Å². The molecule has 2 heterocycles. The van der Waals surface area contributed by atoms with Gasteiger partial charge in [-0.3, -0.25) is 9.59 Å². The van der Waals surface area contributed by atoms with Crippen LogP contribution in [0, 0.1) is 11.6 Å². The Hall–Kier alpha value is -3.06. The maximum Gasteiger partial charge on any atom is 0.246 e. The highest BCUT2D eigenvalue weighted by Gasteiger charge is 2.29. The van der Waals surface area contributed by atoms with Gasteiger partial charge in [0, 0.05) is 50.8 Å². The second-order valence-electron chi connectivity index (χ2n) is 9.53. The molecule has 2 aliphatic heterocycles. The van der Waals surface area contributed by atoms with E-state index in [4.69, 9.17) is 0 Å². The van der Waals surface area contributed by atoms with Crippen LogP contribution in [0.25, 0.3) is 6.08 Å². The molecule has 0 unspecified atom stereocenters. The van der Waals surface area contributed by atoms with E-state index in [1.165, 1.54) is 29.8 Å². The first-order chi connectivity index (χ1) is 16.9. The van der Waals surface area contributed by atoms with Crippen molar-refractivity contribution in [2.75, 3.05) is 39.3 Å². The standard InChI is InChI=1S/C28H33F2N3O2/c1-21-20-32(27(34)8-7-22-17-25(29)19-26(30)18-22)15-16-33(21)28(35)11-14-31-12-9-24(10-13-31)23-5-3-2-4-6-23/h2-8,17-19,21,24H,9-16,20H2,1H3/b8-7+/t21-/m0/s1. The fourth-order valence-corrected chi connectivity index (χ4v) is 5.09. The summed E-state index contributed by atoms with van der Waals surface area (Å²) in [7, 11) is 0. The molecular weight excluding hydrogens is 448 g/mol. The maximum absolute atomic E-state index is 13.3. The molecule has 5 nitrogen and oxygen atoms in total. The summed E-state index contributed by atoms with van der Waals surface area (Å²) >= 11 is 0. The first-order valence-corrected chi connectivity index (χ1v) is 12.4. The second kappa shape index (κ2) is 11.6. The molecule has 2 fully saturated rings. The first kappa shape index (κ1) is 25.0. The number of hydrogen-bond donors (Lipinski definition) is 0. The molecule has 0 bridgehead atoms.